The van der Waals surface area contributed by atoms with Crippen LogP contribution in [-0.2, 0) is 4.79 Å². The van der Waals surface area contributed by atoms with Crippen LogP contribution in [0.5, 0.6) is 0 Å². The zero-order valence-corrected chi connectivity index (χ0v) is 11.4. The molecule has 0 aliphatic heterocycles. The van der Waals surface area contributed by atoms with Crippen molar-refractivity contribution in [3.05, 3.63) is 36.7 Å². The molecule has 4 heteroatoms. The van der Waals surface area contributed by atoms with Crippen molar-refractivity contribution in [3.63, 3.8) is 0 Å². The molecule has 3 rings (SSSR count). The molecule has 0 atom stereocenters. The second-order valence-electron chi connectivity index (χ2n) is 5.35. The normalized spacial score (nSPS) is 15.6. The van der Waals surface area contributed by atoms with Crippen LogP contribution in [0.1, 0.15) is 25.7 Å². The topological polar surface area (TPSA) is 54.0 Å². The molecule has 2 aromatic rings. The largest absolute Gasteiger partial charge is 0.325 e. The van der Waals surface area contributed by atoms with Gasteiger partial charge in [-0.15, -0.1) is 0 Å². The monoisotopic (exact) mass is 269 g/mol. The summed E-state index contributed by atoms with van der Waals surface area (Å²) < 4.78 is 0. The Hall–Kier alpha value is -1.94. The van der Waals surface area contributed by atoms with Crippen LogP contribution >= 0.6 is 0 Å². The van der Waals surface area contributed by atoms with E-state index < -0.39 is 0 Å². The summed E-state index contributed by atoms with van der Waals surface area (Å²) in [6.45, 7) is 0.388. The summed E-state index contributed by atoms with van der Waals surface area (Å²) in [5.41, 5.74) is 0.835. The summed E-state index contributed by atoms with van der Waals surface area (Å²) in [7, 11) is 0. The van der Waals surface area contributed by atoms with Crippen LogP contribution in [0.3, 0.4) is 0 Å². The van der Waals surface area contributed by atoms with E-state index in [9.17, 15) is 4.79 Å². The van der Waals surface area contributed by atoms with Crippen molar-refractivity contribution in [3.8, 4) is 0 Å². The molecular formula is C16H19N3O. The molecule has 1 amide bonds. The summed E-state index contributed by atoms with van der Waals surface area (Å²) in [4.78, 5) is 16.0. The Morgan fingerprint density at radius 2 is 2.05 bits per heavy atom. The molecule has 1 aromatic carbocycles. The summed E-state index contributed by atoms with van der Waals surface area (Å²) in [5, 5.41) is 8.42. The highest BCUT2D eigenvalue weighted by Crippen LogP contribution is 2.18. The average Bonchev–Trinajstić information content (AvgIpc) is 2.98. The van der Waals surface area contributed by atoms with E-state index in [2.05, 4.69) is 15.6 Å². The molecule has 0 unspecified atom stereocenters. The van der Waals surface area contributed by atoms with E-state index in [1.807, 2.05) is 30.5 Å². The van der Waals surface area contributed by atoms with Gasteiger partial charge >= 0.3 is 0 Å². The Balaban J connectivity index is 1.59. The Bertz CT molecular complexity index is 605. The summed E-state index contributed by atoms with van der Waals surface area (Å²) in [5.74, 6) is 0.0188. The number of aromatic nitrogens is 1. The number of anilines is 1. The Kier molecular flexibility index (Phi) is 3.92. The van der Waals surface area contributed by atoms with Gasteiger partial charge in [0.25, 0.3) is 0 Å². The van der Waals surface area contributed by atoms with Crippen molar-refractivity contribution in [2.45, 2.75) is 31.7 Å². The maximum atomic E-state index is 11.9. The maximum absolute atomic E-state index is 11.9. The first-order valence-corrected chi connectivity index (χ1v) is 7.18. The number of rotatable bonds is 4. The van der Waals surface area contributed by atoms with Crippen LogP contribution in [0, 0.1) is 0 Å². The number of hydrogen-bond donors (Lipinski definition) is 2. The molecule has 4 nitrogen and oxygen atoms in total. The molecule has 0 bridgehead atoms. The molecule has 2 N–H and O–H groups in total. The highest BCUT2D eigenvalue weighted by atomic mass is 16.1. The first-order valence-electron chi connectivity index (χ1n) is 7.18. The molecule has 1 saturated carbocycles. The van der Waals surface area contributed by atoms with Crippen molar-refractivity contribution in [1.82, 2.24) is 10.3 Å². The van der Waals surface area contributed by atoms with Crippen LogP contribution < -0.4 is 10.6 Å². The first kappa shape index (κ1) is 13.1. The fourth-order valence-electron chi connectivity index (χ4n) is 2.73. The van der Waals surface area contributed by atoms with Gasteiger partial charge in [-0.05, 0) is 36.4 Å². The van der Waals surface area contributed by atoms with Crippen LogP contribution in [0.25, 0.3) is 10.8 Å². The average molecular weight is 269 g/mol. The van der Waals surface area contributed by atoms with Gasteiger partial charge < -0.3 is 10.6 Å². The predicted octanol–water partition coefficient (Wildman–Crippen LogP) is 2.71. The molecule has 0 spiro atoms. The van der Waals surface area contributed by atoms with Crippen LogP contribution in [0.4, 0.5) is 5.69 Å². The van der Waals surface area contributed by atoms with Crippen molar-refractivity contribution >= 4 is 22.4 Å². The lowest BCUT2D eigenvalue weighted by Crippen LogP contribution is -2.34. The van der Waals surface area contributed by atoms with Gasteiger partial charge in [-0.3, -0.25) is 9.78 Å². The third-order valence-corrected chi connectivity index (χ3v) is 3.83. The minimum Gasteiger partial charge on any atom is -0.325 e. The molecule has 1 aliphatic carbocycles. The highest BCUT2D eigenvalue weighted by Gasteiger charge is 2.15. The molecule has 1 heterocycles. The lowest BCUT2D eigenvalue weighted by Gasteiger charge is -2.12. The molecular weight excluding hydrogens is 250 g/mol. The van der Waals surface area contributed by atoms with Crippen molar-refractivity contribution < 1.29 is 4.79 Å². The van der Waals surface area contributed by atoms with Gasteiger partial charge in [0.05, 0.1) is 6.54 Å². The third kappa shape index (κ3) is 3.14. The second kappa shape index (κ2) is 6.01. The van der Waals surface area contributed by atoms with Gasteiger partial charge in [-0.2, -0.15) is 0 Å². The van der Waals surface area contributed by atoms with E-state index in [1.54, 1.807) is 6.20 Å². The number of carbonyl (C=O) groups is 1. The van der Waals surface area contributed by atoms with Gasteiger partial charge in [0.15, 0.2) is 0 Å². The smallest absolute Gasteiger partial charge is 0.238 e. The Labute approximate surface area is 118 Å². The van der Waals surface area contributed by atoms with Gasteiger partial charge in [-0.1, -0.05) is 18.9 Å². The van der Waals surface area contributed by atoms with Crippen LogP contribution in [0.15, 0.2) is 36.7 Å². The molecule has 0 radical (unpaired) electrons. The van der Waals surface area contributed by atoms with E-state index in [0.717, 1.165) is 16.5 Å². The number of fused-ring (bicyclic) bond motifs is 1. The van der Waals surface area contributed by atoms with E-state index in [0.29, 0.717) is 12.6 Å². The van der Waals surface area contributed by atoms with Crippen LogP contribution in [0.2, 0.25) is 0 Å². The molecule has 1 aliphatic rings. The summed E-state index contributed by atoms with van der Waals surface area (Å²) in [6, 6.07) is 8.33. The minimum atomic E-state index is 0.0188. The fourth-order valence-corrected chi connectivity index (χ4v) is 2.73. The van der Waals surface area contributed by atoms with Gasteiger partial charge in [0.1, 0.15) is 0 Å². The summed E-state index contributed by atoms with van der Waals surface area (Å²) >= 11 is 0. The summed E-state index contributed by atoms with van der Waals surface area (Å²) in [6.07, 6.45) is 8.51. The lowest BCUT2D eigenvalue weighted by atomic mass is 10.1. The lowest BCUT2D eigenvalue weighted by molar-refractivity contribution is -0.115. The Morgan fingerprint density at radius 3 is 2.90 bits per heavy atom. The maximum Gasteiger partial charge on any atom is 0.238 e. The predicted molar refractivity (Wildman–Crippen MR) is 80.6 cm³/mol. The quantitative estimate of drug-likeness (QED) is 0.897. The van der Waals surface area contributed by atoms with Gasteiger partial charge in [-0.25, -0.2) is 0 Å². The van der Waals surface area contributed by atoms with Crippen molar-refractivity contribution in [2.24, 2.45) is 0 Å². The molecule has 1 aromatic heterocycles. The number of hydrogen-bond acceptors (Lipinski definition) is 3. The number of benzene rings is 1. The van der Waals surface area contributed by atoms with Crippen LogP contribution in [-0.4, -0.2) is 23.5 Å². The molecule has 104 valence electrons. The van der Waals surface area contributed by atoms with Gasteiger partial charge in [0, 0.05) is 29.5 Å². The standard InChI is InChI=1S/C16H19N3O/c20-16(11-18-14-3-1-2-4-14)19-15-6-5-13-10-17-8-7-12(13)9-15/h5-10,14,18H,1-4,11H2,(H,19,20). The number of carbonyl (C=O) groups excluding carboxylic acids is 1. The molecule has 0 saturated heterocycles. The first-order chi connectivity index (χ1) is 9.81. The van der Waals surface area contributed by atoms with Gasteiger partial charge in [0.2, 0.25) is 5.91 Å². The number of pyridine rings is 1. The zero-order chi connectivity index (χ0) is 13.8. The van der Waals surface area contributed by atoms with E-state index in [-0.39, 0.29) is 5.91 Å². The molecule has 1 fully saturated rings. The van der Waals surface area contributed by atoms with Crippen molar-refractivity contribution in [2.75, 3.05) is 11.9 Å². The van der Waals surface area contributed by atoms with E-state index >= 15 is 0 Å². The zero-order valence-electron chi connectivity index (χ0n) is 11.4. The van der Waals surface area contributed by atoms with E-state index in [4.69, 9.17) is 0 Å². The molecule has 20 heavy (non-hydrogen) atoms. The number of nitrogens with one attached hydrogen (secondary N) is 2. The van der Waals surface area contributed by atoms with Crippen molar-refractivity contribution in [1.29, 1.82) is 0 Å². The fraction of sp³-hybridized carbons (Fsp3) is 0.375. The number of nitrogens with zero attached hydrogens (tertiary/aromatic N) is 1. The van der Waals surface area contributed by atoms with E-state index in [1.165, 1.54) is 25.7 Å². The third-order valence-electron chi connectivity index (χ3n) is 3.83. The highest BCUT2D eigenvalue weighted by molar-refractivity contribution is 5.95. The SMILES string of the molecule is O=C(CNC1CCCC1)Nc1ccc2cnccc2c1. The Morgan fingerprint density at radius 1 is 1.20 bits per heavy atom. The number of amides is 1. The minimum absolute atomic E-state index is 0.0188. The second-order valence-corrected chi connectivity index (χ2v) is 5.35.